The second-order valence-electron chi connectivity index (χ2n) is 17.7. The first-order chi connectivity index (χ1) is 33.4. The molecule has 15 heteroatoms. The van der Waals surface area contributed by atoms with Crippen molar-refractivity contribution in [2.45, 2.75) is 90.9 Å². The summed E-state index contributed by atoms with van der Waals surface area (Å²) in [6, 6.07) is 22.0. The van der Waals surface area contributed by atoms with Crippen LogP contribution in [-0.2, 0) is 28.7 Å². The van der Waals surface area contributed by atoms with E-state index in [4.69, 9.17) is 37.8 Å². The Morgan fingerprint density at radius 1 is 0.652 bits per heavy atom. The van der Waals surface area contributed by atoms with Crippen LogP contribution in [0.3, 0.4) is 0 Å². The zero-order valence-corrected chi connectivity index (χ0v) is 39.5. The summed E-state index contributed by atoms with van der Waals surface area (Å²) in [4.78, 5) is 69.6. The van der Waals surface area contributed by atoms with Gasteiger partial charge in [0.15, 0.2) is 22.3 Å². The molecule has 0 atom stereocenters. The van der Waals surface area contributed by atoms with Gasteiger partial charge in [-0.15, -0.1) is 11.3 Å². The number of fused-ring (bicyclic) bond motifs is 2. The molecule has 0 aliphatic heterocycles. The predicted octanol–water partition coefficient (Wildman–Crippen LogP) is 11.3. The molecule has 8 rings (SSSR count). The number of furan rings is 1. The van der Waals surface area contributed by atoms with E-state index in [-0.39, 0.29) is 41.0 Å². The van der Waals surface area contributed by atoms with E-state index in [9.17, 15) is 29.1 Å². The van der Waals surface area contributed by atoms with Crippen molar-refractivity contribution in [1.29, 1.82) is 0 Å². The van der Waals surface area contributed by atoms with E-state index in [1.165, 1.54) is 35.6 Å². The number of rotatable bonds is 18. The minimum Gasteiger partial charge on any atom is -0.508 e. The molecule has 0 spiro atoms. The number of benzene rings is 4. The van der Waals surface area contributed by atoms with Crippen LogP contribution in [0.5, 0.6) is 34.5 Å². The molecule has 2 aliphatic rings. The number of aromatic hydroxyl groups is 1. The number of unbranched alkanes of at least 4 members (excludes halogenated alkanes) is 3. The number of carbonyl (C=O) groups excluding carboxylic acids is 5. The Kier molecular flexibility index (Phi) is 15.7. The summed E-state index contributed by atoms with van der Waals surface area (Å²) in [6.45, 7) is 8.31. The van der Waals surface area contributed by atoms with E-state index < -0.39 is 29.7 Å². The molecule has 0 radical (unpaired) electrons. The fraction of sp³-hybridized carbons (Fsp3) is 0.370. The second kappa shape index (κ2) is 22.4. The van der Waals surface area contributed by atoms with Crippen LogP contribution in [0.15, 0.2) is 95.9 Å². The molecule has 2 aromatic heterocycles. The zero-order chi connectivity index (χ0) is 48.4. The first-order valence-corrected chi connectivity index (χ1v) is 24.3. The van der Waals surface area contributed by atoms with Gasteiger partial charge in [-0.3, -0.25) is 19.2 Å². The first-order valence-electron chi connectivity index (χ1n) is 23.5. The molecule has 0 amide bonds. The van der Waals surface area contributed by atoms with Gasteiger partial charge in [0.2, 0.25) is 0 Å². The molecule has 360 valence electrons. The number of esters is 5. The third-order valence-electron chi connectivity index (χ3n) is 12.7. The van der Waals surface area contributed by atoms with Crippen molar-refractivity contribution in [3.05, 3.63) is 103 Å². The van der Waals surface area contributed by atoms with E-state index in [2.05, 4.69) is 12.6 Å². The summed E-state index contributed by atoms with van der Waals surface area (Å²) in [5.41, 5.74) is 3.17. The number of nitrogens with zero attached hydrogens (tertiary/aromatic N) is 1. The lowest BCUT2D eigenvalue weighted by Crippen LogP contribution is -2.30. The lowest BCUT2D eigenvalue weighted by molar-refractivity contribution is -0.145. The molecule has 2 aliphatic carbocycles. The molecule has 2 saturated carbocycles. The van der Waals surface area contributed by atoms with Gasteiger partial charge in [-0.1, -0.05) is 12.6 Å². The SMILES string of the molecule is C=CC(=O)OCCCCCCOc1ccc(OC(=O)[C@H]2CC[C@H](C(=O)Oc3ccc(OC(=O)[C@H]4CC[C@H](C(=O)Oc5ccc(O)cc5)CC4)c4sc(-c5cc6c(C)cc(C)cc6o5)nc34)CC2)cc1. The van der Waals surface area contributed by atoms with Crippen LogP contribution in [0.4, 0.5) is 0 Å². The fourth-order valence-electron chi connectivity index (χ4n) is 8.83. The third kappa shape index (κ3) is 12.4. The van der Waals surface area contributed by atoms with Crippen molar-refractivity contribution in [2.75, 3.05) is 13.2 Å². The number of phenolic OH excluding ortho intramolecular Hbond substituents is 1. The minimum atomic E-state index is -0.457. The van der Waals surface area contributed by atoms with Gasteiger partial charge in [0.1, 0.15) is 38.8 Å². The summed E-state index contributed by atoms with van der Waals surface area (Å²) < 4.78 is 41.0. The molecule has 0 bridgehead atoms. The van der Waals surface area contributed by atoms with Crippen molar-refractivity contribution in [2.24, 2.45) is 23.7 Å². The molecule has 2 heterocycles. The van der Waals surface area contributed by atoms with Crippen molar-refractivity contribution in [1.82, 2.24) is 4.98 Å². The molecular formula is C54H55NO13S. The highest BCUT2D eigenvalue weighted by Gasteiger charge is 2.35. The third-order valence-corrected chi connectivity index (χ3v) is 13.8. The normalized spacial score (nSPS) is 18.0. The molecule has 0 unspecified atom stereocenters. The number of ether oxygens (including phenoxy) is 6. The maximum atomic E-state index is 13.8. The fourth-order valence-corrected chi connectivity index (χ4v) is 9.82. The summed E-state index contributed by atoms with van der Waals surface area (Å²) in [5.74, 6) is -1.18. The summed E-state index contributed by atoms with van der Waals surface area (Å²) in [5, 5.41) is 11.0. The monoisotopic (exact) mass is 957 g/mol. The van der Waals surface area contributed by atoms with Gasteiger partial charge in [0.25, 0.3) is 0 Å². The Morgan fingerprint density at radius 3 is 1.74 bits per heavy atom. The molecular weight excluding hydrogens is 903 g/mol. The van der Waals surface area contributed by atoms with Gasteiger partial charge in [0, 0.05) is 11.5 Å². The van der Waals surface area contributed by atoms with E-state index in [0.717, 1.165) is 48.3 Å². The second-order valence-corrected chi connectivity index (χ2v) is 18.7. The Bertz CT molecular complexity index is 2810. The topological polar surface area (TPSA) is 187 Å². The highest BCUT2D eigenvalue weighted by Crippen LogP contribution is 2.44. The molecule has 6 aromatic rings. The molecule has 0 saturated heterocycles. The van der Waals surface area contributed by atoms with Gasteiger partial charge in [0.05, 0.1) is 36.9 Å². The zero-order valence-electron chi connectivity index (χ0n) is 38.7. The number of aromatic nitrogens is 1. The quantitative estimate of drug-likeness (QED) is 0.0371. The average Bonchev–Trinajstić information content (AvgIpc) is 4.01. The summed E-state index contributed by atoms with van der Waals surface area (Å²) in [7, 11) is 0. The van der Waals surface area contributed by atoms with E-state index in [1.807, 2.05) is 26.0 Å². The number of thiazole rings is 1. The van der Waals surface area contributed by atoms with Crippen LogP contribution in [0, 0.1) is 37.5 Å². The van der Waals surface area contributed by atoms with Gasteiger partial charge in [-0.25, -0.2) is 9.78 Å². The van der Waals surface area contributed by atoms with E-state index in [0.29, 0.717) is 108 Å². The van der Waals surface area contributed by atoms with Gasteiger partial charge < -0.3 is 37.9 Å². The smallest absolute Gasteiger partial charge is 0.330 e. The standard InChI is InChI=1S/C54H55NO13S/c1-4-47(57)63-28-8-6-5-7-27-62-39-21-23-41(24-22-39)65-52(59)35-9-13-36(14-10-35)53(60)67-43-25-26-44(49-48(43)55-50(69-49)46-31-42-33(3)29-32(2)30-45(42)66-46)68-54(61)37-15-11-34(12-16-37)51(58)64-40-19-17-38(56)18-20-40/h4,17-26,29-31,34-37,56H,1,5-16,27-28H2,2-3H3/t34-,35-,36-,37-. The molecule has 69 heavy (non-hydrogen) atoms. The van der Waals surface area contributed by atoms with Crippen LogP contribution in [-0.4, -0.2) is 53.2 Å². The van der Waals surface area contributed by atoms with Crippen LogP contribution in [0.2, 0.25) is 0 Å². The van der Waals surface area contributed by atoms with Gasteiger partial charge >= 0.3 is 29.8 Å². The van der Waals surface area contributed by atoms with Crippen molar-refractivity contribution in [3.63, 3.8) is 0 Å². The Balaban J connectivity index is 0.868. The maximum Gasteiger partial charge on any atom is 0.330 e. The average molecular weight is 958 g/mol. The van der Waals surface area contributed by atoms with Crippen LogP contribution < -0.4 is 23.7 Å². The van der Waals surface area contributed by atoms with Crippen molar-refractivity contribution < 1.29 is 61.9 Å². The minimum absolute atomic E-state index is 0.0716. The largest absolute Gasteiger partial charge is 0.508 e. The van der Waals surface area contributed by atoms with Crippen LogP contribution in [0.1, 0.15) is 88.2 Å². The molecule has 1 N–H and O–H groups in total. The first kappa shape index (κ1) is 48.5. The number of hydrogen-bond donors (Lipinski definition) is 1. The maximum absolute atomic E-state index is 13.8. The number of carbonyl (C=O) groups is 5. The Morgan fingerprint density at radius 2 is 1.16 bits per heavy atom. The van der Waals surface area contributed by atoms with Crippen LogP contribution in [0.25, 0.3) is 32.0 Å². The number of phenols is 1. The summed E-state index contributed by atoms with van der Waals surface area (Å²) >= 11 is 1.26. The van der Waals surface area contributed by atoms with Gasteiger partial charge in [-0.2, -0.15) is 0 Å². The number of hydrogen-bond acceptors (Lipinski definition) is 15. The Hall–Kier alpha value is -7.00. The van der Waals surface area contributed by atoms with Gasteiger partial charge in [-0.05, 0) is 175 Å². The lowest BCUT2D eigenvalue weighted by Gasteiger charge is -2.26. The predicted molar refractivity (Wildman–Crippen MR) is 257 cm³/mol. The van der Waals surface area contributed by atoms with E-state index >= 15 is 0 Å². The molecule has 2 fully saturated rings. The highest BCUT2D eigenvalue weighted by molar-refractivity contribution is 7.22. The highest BCUT2D eigenvalue weighted by atomic mass is 32.1. The van der Waals surface area contributed by atoms with E-state index in [1.54, 1.807) is 36.4 Å². The lowest BCUT2D eigenvalue weighted by atomic mass is 9.82. The van der Waals surface area contributed by atoms with Crippen molar-refractivity contribution in [3.8, 4) is 45.3 Å². The molecule has 4 aromatic carbocycles. The number of aryl methyl sites for hydroxylation is 2. The van der Waals surface area contributed by atoms with Crippen molar-refractivity contribution >= 4 is 62.4 Å². The molecule has 14 nitrogen and oxygen atoms in total. The Labute approximate surface area is 403 Å². The van der Waals surface area contributed by atoms with Crippen LogP contribution >= 0.6 is 11.3 Å². The summed E-state index contributed by atoms with van der Waals surface area (Å²) in [6.07, 6.45) is 8.18.